The molecule has 2 amide bonds. The molecule has 7 heteroatoms. The summed E-state index contributed by atoms with van der Waals surface area (Å²) >= 11 is 0. The zero-order valence-corrected chi connectivity index (χ0v) is 20.1. The fraction of sp³-hybridized carbons (Fsp3) is 0.609. The predicted molar refractivity (Wildman–Crippen MR) is 129 cm³/mol. The lowest BCUT2D eigenvalue weighted by molar-refractivity contribution is 0.0652. The molecule has 0 aromatic heterocycles. The van der Waals surface area contributed by atoms with Crippen LogP contribution in [0.2, 0.25) is 0 Å². The largest absolute Gasteiger partial charge is 0.357 e. The van der Waals surface area contributed by atoms with Crippen LogP contribution in [-0.4, -0.2) is 60.3 Å². The quantitative estimate of drug-likeness (QED) is 0.202. The van der Waals surface area contributed by atoms with Gasteiger partial charge in [0, 0.05) is 32.7 Å². The van der Waals surface area contributed by atoms with Crippen molar-refractivity contribution in [3.8, 4) is 0 Å². The molecule has 2 unspecified atom stereocenters. The minimum absolute atomic E-state index is 0. The molecule has 0 bridgehead atoms. The summed E-state index contributed by atoms with van der Waals surface area (Å²) in [4.78, 5) is 33.5. The van der Waals surface area contributed by atoms with E-state index in [1.807, 2.05) is 0 Å². The van der Waals surface area contributed by atoms with Crippen LogP contribution in [0.3, 0.4) is 0 Å². The maximum atomic E-state index is 12.4. The summed E-state index contributed by atoms with van der Waals surface area (Å²) < 4.78 is 0. The molecule has 1 saturated heterocycles. The summed E-state index contributed by atoms with van der Waals surface area (Å²) in [7, 11) is 0. The highest BCUT2D eigenvalue weighted by atomic mass is 127. The topological polar surface area (TPSA) is 65.0 Å². The number of rotatable bonds is 6. The van der Waals surface area contributed by atoms with Crippen molar-refractivity contribution in [3.05, 3.63) is 35.4 Å². The van der Waals surface area contributed by atoms with Crippen LogP contribution < -0.4 is 5.32 Å². The van der Waals surface area contributed by atoms with Gasteiger partial charge >= 0.3 is 0 Å². The summed E-state index contributed by atoms with van der Waals surface area (Å²) in [5.41, 5.74) is 1.06. The van der Waals surface area contributed by atoms with Gasteiger partial charge in [-0.15, -0.1) is 24.0 Å². The van der Waals surface area contributed by atoms with Crippen molar-refractivity contribution < 1.29 is 9.59 Å². The van der Waals surface area contributed by atoms with E-state index >= 15 is 0 Å². The molecule has 1 saturated carbocycles. The van der Waals surface area contributed by atoms with E-state index in [0.717, 1.165) is 56.8 Å². The van der Waals surface area contributed by atoms with Gasteiger partial charge in [-0.3, -0.25) is 19.5 Å². The number of aliphatic imine (C=N–C) groups is 1. The monoisotopic (exact) mass is 524 g/mol. The van der Waals surface area contributed by atoms with E-state index in [0.29, 0.717) is 17.7 Å². The molecule has 4 rings (SSSR count). The Morgan fingerprint density at radius 1 is 1.03 bits per heavy atom. The van der Waals surface area contributed by atoms with Crippen LogP contribution in [0, 0.1) is 11.8 Å². The summed E-state index contributed by atoms with van der Waals surface area (Å²) in [5.74, 6) is 2.37. The zero-order valence-electron chi connectivity index (χ0n) is 17.8. The van der Waals surface area contributed by atoms with Crippen molar-refractivity contribution in [3.63, 3.8) is 0 Å². The van der Waals surface area contributed by atoms with Crippen LogP contribution in [0.4, 0.5) is 0 Å². The van der Waals surface area contributed by atoms with E-state index in [1.165, 1.54) is 30.6 Å². The second kappa shape index (κ2) is 10.6. The maximum Gasteiger partial charge on any atom is 0.261 e. The van der Waals surface area contributed by atoms with Gasteiger partial charge in [0.25, 0.3) is 11.8 Å². The third-order valence-corrected chi connectivity index (χ3v) is 6.54. The number of guanidine groups is 1. The predicted octanol–water partition coefficient (Wildman–Crippen LogP) is 3.77. The molecule has 2 heterocycles. The molecule has 164 valence electrons. The van der Waals surface area contributed by atoms with Crippen molar-refractivity contribution in [1.29, 1.82) is 0 Å². The number of hydrogen-bond donors (Lipinski definition) is 1. The molecule has 0 spiro atoms. The highest BCUT2D eigenvalue weighted by Gasteiger charge is 2.36. The minimum Gasteiger partial charge on any atom is -0.357 e. The number of carbonyl (C=O) groups excluding carboxylic acids is 2. The van der Waals surface area contributed by atoms with E-state index in [2.05, 4.69) is 17.1 Å². The molecule has 1 aromatic carbocycles. The number of benzene rings is 1. The highest BCUT2D eigenvalue weighted by molar-refractivity contribution is 14.0. The molecule has 1 N–H and O–H groups in total. The third-order valence-electron chi connectivity index (χ3n) is 6.54. The lowest BCUT2D eigenvalue weighted by atomic mass is 9.82. The average molecular weight is 524 g/mol. The molecule has 2 fully saturated rings. The van der Waals surface area contributed by atoms with E-state index in [1.54, 1.807) is 24.3 Å². The SMILES string of the molecule is CCNC(=NCCCCN1C(=O)c2ccccc2C1=O)N1CC2CCCCC2C1.I. The molecule has 0 radical (unpaired) electrons. The summed E-state index contributed by atoms with van der Waals surface area (Å²) in [5, 5.41) is 3.45. The molecule has 2 atom stereocenters. The van der Waals surface area contributed by atoms with Gasteiger partial charge < -0.3 is 10.2 Å². The van der Waals surface area contributed by atoms with Gasteiger partial charge in [-0.1, -0.05) is 25.0 Å². The maximum absolute atomic E-state index is 12.4. The Morgan fingerprint density at radius 2 is 1.63 bits per heavy atom. The third kappa shape index (κ3) is 4.81. The first-order chi connectivity index (χ1) is 14.2. The van der Waals surface area contributed by atoms with Crippen LogP contribution in [0.25, 0.3) is 0 Å². The van der Waals surface area contributed by atoms with Crippen molar-refractivity contribution >= 4 is 41.8 Å². The summed E-state index contributed by atoms with van der Waals surface area (Å²) in [6, 6.07) is 7.07. The number of carbonyl (C=O) groups is 2. The molecule has 30 heavy (non-hydrogen) atoms. The van der Waals surface area contributed by atoms with E-state index in [4.69, 9.17) is 4.99 Å². The first-order valence-corrected chi connectivity index (χ1v) is 11.2. The Kier molecular flexibility index (Phi) is 8.13. The fourth-order valence-corrected chi connectivity index (χ4v) is 5.01. The Balaban J connectivity index is 0.00000256. The van der Waals surface area contributed by atoms with Crippen molar-refractivity contribution in [1.82, 2.24) is 15.1 Å². The number of likely N-dealkylation sites (tertiary alicyclic amines) is 1. The van der Waals surface area contributed by atoms with Gasteiger partial charge in [0.2, 0.25) is 0 Å². The van der Waals surface area contributed by atoms with Crippen LogP contribution in [-0.2, 0) is 0 Å². The van der Waals surface area contributed by atoms with E-state index in [-0.39, 0.29) is 35.8 Å². The van der Waals surface area contributed by atoms with Gasteiger partial charge in [0.15, 0.2) is 5.96 Å². The second-order valence-corrected chi connectivity index (χ2v) is 8.46. The lowest BCUT2D eigenvalue weighted by Gasteiger charge is -2.22. The summed E-state index contributed by atoms with van der Waals surface area (Å²) in [6.45, 7) is 6.43. The van der Waals surface area contributed by atoms with Crippen molar-refractivity contribution in [2.24, 2.45) is 16.8 Å². The first kappa shape index (κ1) is 23.0. The Morgan fingerprint density at radius 3 is 2.20 bits per heavy atom. The number of amides is 2. The molecular formula is C23H33IN4O2. The number of imide groups is 1. The van der Waals surface area contributed by atoms with Crippen molar-refractivity contribution in [2.75, 3.05) is 32.7 Å². The van der Waals surface area contributed by atoms with Gasteiger partial charge in [0.05, 0.1) is 11.1 Å². The van der Waals surface area contributed by atoms with E-state index in [9.17, 15) is 9.59 Å². The number of hydrogen-bond acceptors (Lipinski definition) is 3. The van der Waals surface area contributed by atoms with Gasteiger partial charge in [-0.2, -0.15) is 0 Å². The van der Waals surface area contributed by atoms with Crippen LogP contribution >= 0.6 is 24.0 Å². The Labute approximate surface area is 196 Å². The molecular weight excluding hydrogens is 491 g/mol. The minimum atomic E-state index is -0.165. The number of nitrogens with zero attached hydrogens (tertiary/aromatic N) is 3. The van der Waals surface area contributed by atoms with Crippen LogP contribution in [0.5, 0.6) is 0 Å². The molecule has 3 aliphatic rings. The number of unbranched alkanes of at least 4 members (excludes halogenated alkanes) is 1. The van der Waals surface area contributed by atoms with E-state index < -0.39 is 0 Å². The van der Waals surface area contributed by atoms with Crippen molar-refractivity contribution in [2.45, 2.75) is 45.4 Å². The van der Waals surface area contributed by atoms with Gasteiger partial charge in [-0.05, 0) is 56.6 Å². The second-order valence-electron chi connectivity index (χ2n) is 8.46. The highest BCUT2D eigenvalue weighted by Crippen LogP contribution is 2.36. The Hall–Kier alpha value is -1.64. The lowest BCUT2D eigenvalue weighted by Crippen LogP contribution is -2.40. The smallest absolute Gasteiger partial charge is 0.261 e. The number of halogens is 1. The normalized spacial score (nSPS) is 23.3. The van der Waals surface area contributed by atoms with Gasteiger partial charge in [-0.25, -0.2) is 0 Å². The zero-order chi connectivity index (χ0) is 20.2. The van der Waals surface area contributed by atoms with Crippen LogP contribution in [0.15, 0.2) is 29.3 Å². The molecule has 1 aromatic rings. The first-order valence-electron chi connectivity index (χ1n) is 11.2. The number of nitrogens with one attached hydrogen (secondary N) is 1. The fourth-order valence-electron chi connectivity index (χ4n) is 5.01. The van der Waals surface area contributed by atoms with Gasteiger partial charge in [0.1, 0.15) is 0 Å². The average Bonchev–Trinajstić information content (AvgIpc) is 3.28. The van der Waals surface area contributed by atoms with Crippen LogP contribution in [0.1, 0.15) is 66.2 Å². The molecule has 2 aliphatic heterocycles. The summed E-state index contributed by atoms with van der Waals surface area (Å²) in [6.07, 6.45) is 7.12. The standard InChI is InChI=1S/C23H32N4O2.HI/c1-2-24-23(26-15-17-9-3-4-10-18(17)16-26)25-13-7-8-14-27-21(28)19-11-5-6-12-20(19)22(27)29;/h5-6,11-12,17-18H,2-4,7-10,13-16H2,1H3,(H,24,25);1H. The Bertz CT molecular complexity index is 748. The molecule has 1 aliphatic carbocycles. The number of fused-ring (bicyclic) bond motifs is 2. The molecule has 6 nitrogen and oxygen atoms in total.